The van der Waals surface area contributed by atoms with Gasteiger partial charge in [-0.15, -0.1) is 5.34 Å². The fourth-order valence-corrected chi connectivity index (χ4v) is 7.75. The third kappa shape index (κ3) is 10.8. The number of ether oxygens (including phenoxy) is 2. The van der Waals surface area contributed by atoms with Crippen LogP contribution in [0.4, 0.5) is 15.3 Å². The van der Waals surface area contributed by atoms with Gasteiger partial charge >= 0.3 is 52.1 Å². The van der Waals surface area contributed by atoms with E-state index in [0.717, 1.165) is 15.1 Å². The van der Waals surface area contributed by atoms with Gasteiger partial charge in [-0.05, 0) is 104 Å². The molecular formula is C40H43N6NaO19S. The molecule has 6 aliphatic rings. The average Bonchev–Trinajstić information content (AvgIpc) is 4.09. The molecule has 2 aromatic rings. The molecule has 2 saturated carbocycles. The second kappa shape index (κ2) is 18.8. The van der Waals surface area contributed by atoms with Crippen molar-refractivity contribution < 1.29 is 110 Å². The summed E-state index contributed by atoms with van der Waals surface area (Å²) < 4.78 is 42.0. The minimum atomic E-state index is -4.67. The average molecular weight is 967 g/mol. The molecule has 2 saturated heterocycles. The first kappa shape index (κ1) is 53.4. The zero-order chi connectivity index (χ0) is 49.8. The largest absolute Gasteiger partial charge is 1.00 e. The summed E-state index contributed by atoms with van der Waals surface area (Å²) in [5.74, 6) is -6.50. The van der Waals surface area contributed by atoms with Gasteiger partial charge in [0.05, 0.1) is 33.1 Å². The van der Waals surface area contributed by atoms with Gasteiger partial charge in [-0.1, -0.05) is 12.1 Å². The van der Waals surface area contributed by atoms with Crippen LogP contribution in [0.15, 0.2) is 41.7 Å². The van der Waals surface area contributed by atoms with E-state index in [2.05, 4.69) is 0 Å². The Morgan fingerprint density at radius 3 is 1.33 bits per heavy atom. The van der Waals surface area contributed by atoms with Crippen LogP contribution >= 0.6 is 0 Å². The third-order valence-corrected chi connectivity index (χ3v) is 10.9. The maximum Gasteiger partial charge on any atom is 1.00 e. The predicted octanol–water partition coefficient (Wildman–Crippen LogP) is 0.140. The number of amides is 10. The van der Waals surface area contributed by atoms with Gasteiger partial charge in [-0.25, -0.2) is 9.59 Å². The smallest absolute Gasteiger partial charge is 0.507 e. The number of likely N-dealkylation sites (tertiary alicyclic amines) is 2. The van der Waals surface area contributed by atoms with E-state index in [1.807, 2.05) is 0 Å². The summed E-state index contributed by atoms with van der Waals surface area (Å²) in [6.07, 6.45) is -0.430. The molecule has 67 heavy (non-hydrogen) atoms. The van der Waals surface area contributed by atoms with E-state index in [-0.39, 0.29) is 76.1 Å². The van der Waals surface area contributed by atoms with Crippen molar-refractivity contribution in [1.82, 2.24) is 19.6 Å². The van der Waals surface area contributed by atoms with Crippen molar-refractivity contribution >= 4 is 75.5 Å². The summed E-state index contributed by atoms with van der Waals surface area (Å²) in [7, 11) is -4.67. The van der Waals surface area contributed by atoms with Crippen LogP contribution in [0.1, 0.15) is 121 Å². The molecule has 2 aliphatic carbocycles. The van der Waals surface area contributed by atoms with Gasteiger partial charge in [0.25, 0.3) is 35.4 Å². The molecule has 2 atom stereocenters. The number of hydrogen-bond acceptors (Lipinski definition) is 19. The number of imide groups is 8. The molecule has 25 nitrogen and oxygen atoms in total. The molecule has 4 heterocycles. The van der Waals surface area contributed by atoms with Crippen molar-refractivity contribution in [2.45, 2.75) is 103 Å². The summed E-state index contributed by atoms with van der Waals surface area (Å²) in [5.41, 5.74) is 2.16. The van der Waals surface area contributed by atoms with Gasteiger partial charge in [-0.3, -0.25) is 57.3 Å². The minimum Gasteiger partial charge on any atom is -0.507 e. The van der Waals surface area contributed by atoms with Crippen molar-refractivity contribution in [3.8, 4) is 5.75 Å². The first-order valence-electron chi connectivity index (χ1n) is 19.7. The number of carbonyl (C=O) groups excluding carboxylic acids is 10. The van der Waals surface area contributed by atoms with Crippen LogP contribution in [-0.4, -0.2) is 125 Å². The van der Waals surface area contributed by atoms with Crippen molar-refractivity contribution in [3.63, 3.8) is 0 Å². The van der Waals surface area contributed by atoms with E-state index in [4.69, 9.17) is 42.8 Å². The molecule has 4 fully saturated rings. The number of hydrogen-bond donors (Lipinski definition) is 4. The fourth-order valence-electron chi connectivity index (χ4n) is 7.75. The van der Waals surface area contributed by atoms with Crippen LogP contribution in [-0.2, 0) is 39.1 Å². The second-order valence-electron chi connectivity index (χ2n) is 17.9. The SMILES string of the molecule is CC(C)(C)OC(=O)N1C(=O)C(N2C(=O)c3cccc(N)c3C2=O)CC2(CC2)C1=O.CC(C)(C)OC(=O)N1C(=O)C(N2C(=O)c3cccc(O)c3C2=O)CC2(CC2)C1=O.O=N[O-].O=S(=O)(O)O.[Na+]. The van der Waals surface area contributed by atoms with Gasteiger partial charge < -0.3 is 30.4 Å². The quantitative estimate of drug-likeness (QED) is 0.0776. The van der Waals surface area contributed by atoms with Gasteiger partial charge in [0, 0.05) is 5.69 Å². The molecule has 10 amide bonds. The Morgan fingerprint density at radius 1 is 0.687 bits per heavy atom. The molecule has 0 radical (unpaired) electrons. The topological polar surface area (TPSA) is 375 Å². The number of anilines is 1. The van der Waals surface area contributed by atoms with Gasteiger partial charge in [0.1, 0.15) is 29.0 Å². The molecule has 2 spiro atoms. The summed E-state index contributed by atoms with van der Waals surface area (Å²) in [6.45, 7) is 9.63. The monoisotopic (exact) mass is 966 g/mol. The van der Waals surface area contributed by atoms with Crippen molar-refractivity contribution in [1.29, 1.82) is 0 Å². The molecule has 8 rings (SSSR count). The molecule has 354 valence electrons. The molecule has 0 bridgehead atoms. The van der Waals surface area contributed by atoms with Crippen LogP contribution in [0, 0.1) is 20.9 Å². The number of nitrogens with zero attached hydrogens (tertiary/aromatic N) is 5. The number of benzene rings is 2. The van der Waals surface area contributed by atoms with Gasteiger partial charge in [0.2, 0.25) is 11.8 Å². The zero-order valence-electron chi connectivity index (χ0n) is 37.0. The number of phenolic OH excluding ortho intramolecular Hbond substituents is 1. The van der Waals surface area contributed by atoms with Crippen molar-refractivity contribution in [2.24, 2.45) is 16.2 Å². The summed E-state index contributed by atoms with van der Waals surface area (Å²) in [5, 5.41) is 19.0. The van der Waals surface area contributed by atoms with Crippen LogP contribution in [0.5, 0.6) is 5.75 Å². The Hall–Kier alpha value is -6.19. The minimum absolute atomic E-state index is 0. The number of fused-ring (bicyclic) bond motifs is 2. The van der Waals surface area contributed by atoms with Crippen LogP contribution < -0.4 is 35.3 Å². The molecular weight excluding hydrogens is 924 g/mol. The normalized spacial score (nSPS) is 20.9. The molecule has 27 heteroatoms. The number of nitrogen functional groups attached to an aromatic ring is 1. The third-order valence-electron chi connectivity index (χ3n) is 10.9. The Morgan fingerprint density at radius 2 is 1.01 bits per heavy atom. The van der Waals surface area contributed by atoms with E-state index in [0.29, 0.717) is 35.5 Å². The predicted molar refractivity (Wildman–Crippen MR) is 220 cm³/mol. The number of phenols is 1. The summed E-state index contributed by atoms with van der Waals surface area (Å²) >= 11 is 0. The summed E-state index contributed by atoms with van der Waals surface area (Å²) in [6, 6.07) is 5.98. The first-order valence-corrected chi connectivity index (χ1v) is 21.1. The number of carbonyl (C=O) groups is 10. The Kier molecular flexibility index (Phi) is 15.0. The van der Waals surface area contributed by atoms with Gasteiger partial charge in [0.15, 0.2) is 0 Å². The molecule has 2 aromatic carbocycles. The maximum atomic E-state index is 13.1. The van der Waals surface area contributed by atoms with Gasteiger partial charge in [-0.2, -0.15) is 18.2 Å². The number of nitrogens with two attached hydrogens (primary N) is 1. The molecule has 5 N–H and O–H groups in total. The number of aromatic hydroxyl groups is 1. The van der Waals surface area contributed by atoms with E-state index in [9.17, 15) is 53.1 Å². The maximum absolute atomic E-state index is 13.1. The Labute approximate surface area is 402 Å². The number of piperidine rings is 2. The Bertz CT molecular complexity index is 2450. The second-order valence-corrected chi connectivity index (χ2v) is 18.8. The van der Waals surface area contributed by atoms with Crippen LogP contribution in [0.25, 0.3) is 0 Å². The standard InChI is InChI=1S/C20H21N3O6.C20H20N2O7.HNO2.Na.H2O4S/c1-19(2,3)29-18(28)23-15(25)12(9-20(7-8-20)17(23)27)22-14(24)10-5-4-6-11(21)13(10)16(22)26;1-19(2,3)29-18(28)22-15(25)11(9-20(7-8-20)17(22)27)21-14(24)10-5-4-6-12(23)13(10)16(21)26;2-1-3;;1-5(2,3)4/h4-6,12H,7-9,21H2,1-3H3;4-6,11,23H,7-9H2,1-3H3;(H,2,3);;(H2,1,2,3,4)/q;;;+1;/p-1. The number of rotatable bonds is 2. The van der Waals surface area contributed by atoms with Crippen molar-refractivity contribution in [2.75, 3.05) is 5.73 Å². The molecule has 4 aliphatic heterocycles. The fraction of sp³-hybridized carbons (Fsp3) is 0.450. The Balaban J connectivity index is 0.000000249. The van der Waals surface area contributed by atoms with Crippen LogP contribution in [0.3, 0.4) is 0 Å². The van der Waals surface area contributed by atoms with E-state index in [1.54, 1.807) is 47.6 Å². The van der Waals surface area contributed by atoms with E-state index < -0.39 is 104 Å². The van der Waals surface area contributed by atoms with E-state index in [1.165, 1.54) is 30.3 Å². The first-order chi connectivity index (χ1) is 30.3. The van der Waals surface area contributed by atoms with Crippen LogP contribution in [0.2, 0.25) is 0 Å². The molecule has 0 aromatic heterocycles. The van der Waals surface area contributed by atoms with E-state index >= 15 is 0 Å². The molecule has 2 unspecified atom stereocenters. The zero-order valence-corrected chi connectivity index (χ0v) is 39.8. The summed E-state index contributed by atoms with van der Waals surface area (Å²) in [4.78, 5) is 139. The van der Waals surface area contributed by atoms with Crippen molar-refractivity contribution in [3.05, 3.63) is 68.8 Å².